The molecule has 0 bridgehead atoms. The number of rotatable bonds is 7. The molecule has 0 radical (unpaired) electrons. The van der Waals surface area contributed by atoms with E-state index in [-0.39, 0.29) is 6.04 Å². The normalized spacial score (nSPS) is 12.5. The third kappa shape index (κ3) is 5.57. The topological polar surface area (TPSA) is 58.5 Å². The molecule has 5 heteroatoms. The molecule has 0 saturated carbocycles. The van der Waals surface area contributed by atoms with Crippen LogP contribution in [0.2, 0.25) is 0 Å². The lowest BCUT2D eigenvalue weighted by Crippen LogP contribution is -2.38. The van der Waals surface area contributed by atoms with Crippen molar-refractivity contribution < 1.29 is 4.74 Å². The molecule has 0 aliphatic carbocycles. The van der Waals surface area contributed by atoms with Crippen molar-refractivity contribution >= 4 is 5.96 Å². The average Bonchev–Trinajstić information content (AvgIpc) is 2.61. The Morgan fingerprint density at radius 2 is 2.00 bits per heavy atom. The quantitative estimate of drug-likeness (QED) is 0.605. The van der Waals surface area contributed by atoms with Gasteiger partial charge in [-0.2, -0.15) is 0 Å². The van der Waals surface area contributed by atoms with E-state index in [0.29, 0.717) is 19.0 Å². The Hall–Kier alpha value is -2.56. The second-order valence-electron chi connectivity index (χ2n) is 5.41. The van der Waals surface area contributed by atoms with E-state index in [1.54, 1.807) is 6.20 Å². The molecule has 0 spiro atoms. The summed E-state index contributed by atoms with van der Waals surface area (Å²) in [6.45, 7) is 8.13. The van der Waals surface area contributed by atoms with Gasteiger partial charge in [-0.25, -0.2) is 9.98 Å². The maximum atomic E-state index is 5.43. The highest BCUT2D eigenvalue weighted by Gasteiger charge is 2.07. The molecule has 1 atom stereocenters. The fraction of sp³-hybridized carbons (Fsp3) is 0.368. The van der Waals surface area contributed by atoms with Crippen LogP contribution in [0.25, 0.3) is 0 Å². The van der Waals surface area contributed by atoms with Crippen molar-refractivity contribution in [1.29, 1.82) is 0 Å². The van der Waals surface area contributed by atoms with Crippen LogP contribution < -0.4 is 15.4 Å². The van der Waals surface area contributed by atoms with Gasteiger partial charge in [0.2, 0.25) is 5.88 Å². The number of hydrogen-bond acceptors (Lipinski definition) is 3. The maximum absolute atomic E-state index is 5.43. The molecule has 5 nitrogen and oxygen atoms in total. The summed E-state index contributed by atoms with van der Waals surface area (Å²) >= 11 is 0. The molecule has 1 aromatic carbocycles. The van der Waals surface area contributed by atoms with Crippen LogP contribution in [0, 0.1) is 0 Å². The second kappa shape index (κ2) is 9.55. The molecule has 128 valence electrons. The number of pyridine rings is 1. The molecular formula is C19H26N4O. The van der Waals surface area contributed by atoms with E-state index in [2.05, 4.69) is 46.6 Å². The summed E-state index contributed by atoms with van der Waals surface area (Å²) in [6, 6.07) is 14.4. The zero-order valence-electron chi connectivity index (χ0n) is 14.6. The number of ether oxygens (including phenoxy) is 1. The lowest BCUT2D eigenvalue weighted by Gasteiger charge is -2.18. The summed E-state index contributed by atoms with van der Waals surface area (Å²) in [6.07, 6.45) is 1.75. The Balaban J connectivity index is 2.03. The number of aliphatic imine (C=N–C) groups is 1. The third-order valence-electron chi connectivity index (χ3n) is 3.51. The Bertz CT molecular complexity index is 643. The number of guanidine groups is 1. The van der Waals surface area contributed by atoms with Gasteiger partial charge in [-0.3, -0.25) is 0 Å². The van der Waals surface area contributed by atoms with Crippen molar-refractivity contribution in [2.45, 2.75) is 33.4 Å². The number of nitrogens with one attached hydrogen (secondary N) is 2. The zero-order chi connectivity index (χ0) is 17.2. The molecule has 2 aromatic rings. The molecule has 1 aromatic heterocycles. The molecule has 2 N–H and O–H groups in total. The van der Waals surface area contributed by atoms with E-state index in [4.69, 9.17) is 4.74 Å². The van der Waals surface area contributed by atoms with E-state index in [0.717, 1.165) is 18.1 Å². The molecular weight excluding hydrogens is 300 g/mol. The molecule has 0 aliphatic rings. The van der Waals surface area contributed by atoms with Crippen molar-refractivity contribution in [3.8, 4) is 5.88 Å². The fourth-order valence-electron chi connectivity index (χ4n) is 2.30. The first-order chi connectivity index (χ1) is 11.7. The van der Waals surface area contributed by atoms with Crippen LogP contribution in [0.3, 0.4) is 0 Å². The van der Waals surface area contributed by atoms with Crippen molar-refractivity contribution in [3.63, 3.8) is 0 Å². The second-order valence-corrected chi connectivity index (χ2v) is 5.41. The van der Waals surface area contributed by atoms with Crippen LogP contribution in [0.5, 0.6) is 5.88 Å². The first kappa shape index (κ1) is 17.8. The van der Waals surface area contributed by atoms with Crippen LogP contribution in [-0.4, -0.2) is 24.1 Å². The molecule has 0 fully saturated rings. The smallest absolute Gasteiger partial charge is 0.213 e. The Morgan fingerprint density at radius 1 is 1.21 bits per heavy atom. The first-order valence-corrected chi connectivity index (χ1v) is 8.40. The van der Waals surface area contributed by atoms with Crippen molar-refractivity contribution in [3.05, 3.63) is 59.8 Å². The van der Waals surface area contributed by atoms with Gasteiger partial charge in [-0.05, 0) is 38.0 Å². The summed E-state index contributed by atoms with van der Waals surface area (Å²) in [4.78, 5) is 8.84. The minimum Gasteiger partial charge on any atom is -0.478 e. The van der Waals surface area contributed by atoms with Crippen LogP contribution in [0.1, 0.15) is 37.9 Å². The van der Waals surface area contributed by atoms with E-state index in [1.807, 2.05) is 37.3 Å². The summed E-state index contributed by atoms with van der Waals surface area (Å²) in [7, 11) is 0. The Kier molecular flexibility index (Phi) is 7.08. The highest BCUT2D eigenvalue weighted by molar-refractivity contribution is 5.80. The van der Waals surface area contributed by atoms with Crippen LogP contribution >= 0.6 is 0 Å². The fourth-order valence-corrected chi connectivity index (χ4v) is 2.30. The molecule has 1 heterocycles. The maximum Gasteiger partial charge on any atom is 0.213 e. The van der Waals surface area contributed by atoms with Crippen LogP contribution in [0.4, 0.5) is 0 Å². The lowest BCUT2D eigenvalue weighted by atomic mass is 10.1. The van der Waals surface area contributed by atoms with Gasteiger partial charge in [0.15, 0.2) is 5.96 Å². The number of benzene rings is 1. The molecule has 0 saturated heterocycles. The van der Waals surface area contributed by atoms with E-state index >= 15 is 0 Å². The predicted molar refractivity (Wildman–Crippen MR) is 98.2 cm³/mol. The van der Waals surface area contributed by atoms with Crippen LogP contribution in [-0.2, 0) is 6.54 Å². The van der Waals surface area contributed by atoms with Gasteiger partial charge in [0.05, 0.1) is 19.2 Å². The van der Waals surface area contributed by atoms with Gasteiger partial charge in [-0.1, -0.05) is 30.3 Å². The SMILES string of the molecule is CCNC(=NCc1ccnc(OCC)c1)NC(C)c1ccccc1. The van der Waals surface area contributed by atoms with Crippen molar-refractivity contribution in [2.24, 2.45) is 4.99 Å². The van der Waals surface area contributed by atoms with Gasteiger partial charge < -0.3 is 15.4 Å². The van der Waals surface area contributed by atoms with Crippen molar-refractivity contribution in [1.82, 2.24) is 15.6 Å². The van der Waals surface area contributed by atoms with E-state index < -0.39 is 0 Å². The lowest BCUT2D eigenvalue weighted by molar-refractivity contribution is 0.326. The molecule has 0 amide bonds. The van der Waals surface area contributed by atoms with Gasteiger partial charge in [0.1, 0.15) is 0 Å². The average molecular weight is 326 g/mol. The summed E-state index contributed by atoms with van der Waals surface area (Å²) in [5, 5.41) is 6.72. The van der Waals surface area contributed by atoms with Gasteiger partial charge in [0, 0.05) is 18.8 Å². The van der Waals surface area contributed by atoms with Gasteiger partial charge >= 0.3 is 0 Å². The Morgan fingerprint density at radius 3 is 2.71 bits per heavy atom. The predicted octanol–water partition coefficient (Wildman–Crippen LogP) is 3.30. The highest BCUT2D eigenvalue weighted by Crippen LogP contribution is 2.12. The summed E-state index contributed by atoms with van der Waals surface area (Å²) in [5.74, 6) is 1.43. The summed E-state index contributed by atoms with van der Waals surface area (Å²) < 4.78 is 5.43. The van der Waals surface area contributed by atoms with Crippen molar-refractivity contribution in [2.75, 3.05) is 13.2 Å². The van der Waals surface area contributed by atoms with E-state index in [9.17, 15) is 0 Å². The number of nitrogens with zero attached hydrogens (tertiary/aromatic N) is 2. The number of aromatic nitrogens is 1. The largest absolute Gasteiger partial charge is 0.478 e. The number of hydrogen-bond donors (Lipinski definition) is 2. The minimum absolute atomic E-state index is 0.181. The standard InChI is InChI=1S/C19H26N4O/c1-4-20-19(23-15(3)17-9-7-6-8-10-17)22-14-16-11-12-21-18(13-16)24-5-2/h6-13,15H,4-5,14H2,1-3H3,(H2,20,22,23). The third-order valence-corrected chi connectivity index (χ3v) is 3.51. The van der Waals surface area contributed by atoms with Gasteiger partial charge in [0.25, 0.3) is 0 Å². The van der Waals surface area contributed by atoms with E-state index in [1.165, 1.54) is 5.56 Å². The molecule has 1 unspecified atom stereocenters. The van der Waals surface area contributed by atoms with Gasteiger partial charge in [-0.15, -0.1) is 0 Å². The van der Waals surface area contributed by atoms with Crippen LogP contribution in [0.15, 0.2) is 53.7 Å². The molecule has 0 aliphatic heterocycles. The Labute approximate surface area is 144 Å². The summed E-state index contributed by atoms with van der Waals surface area (Å²) in [5.41, 5.74) is 2.30. The molecule has 2 rings (SSSR count). The molecule has 24 heavy (non-hydrogen) atoms. The first-order valence-electron chi connectivity index (χ1n) is 8.40. The monoisotopic (exact) mass is 326 g/mol. The highest BCUT2D eigenvalue weighted by atomic mass is 16.5. The minimum atomic E-state index is 0.181. The zero-order valence-corrected chi connectivity index (χ0v) is 14.6.